The second kappa shape index (κ2) is 10.7. The van der Waals surface area contributed by atoms with Crippen molar-refractivity contribution in [2.75, 3.05) is 13.7 Å². The number of nitro benzene ring substituents is 1. The number of ether oxygens (including phenoxy) is 2. The predicted molar refractivity (Wildman–Crippen MR) is 96.5 cm³/mol. The minimum Gasteiger partial charge on any atom is -0.467 e. The quantitative estimate of drug-likeness (QED) is 0.301. The zero-order valence-electron chi connectivity index (χ0n) is 15.3. The smallest absolute Gasteiger partial charge is 0.331 e. The standard InChI is InChI=1S/C18H22N2O7/c1-4-12(2)17(18(23)26-3)19-15(21)11-27-16(22)9-8-13-6-5-7-14(10-13)20(24)25/h5-10,12,17H,4,11H2,1-3H3,(H,19,21)/b9-8+/t12-,17+/m0/s1. The first-order chi connectivity index (χ1) is 12.8. The van der Waals surface area contributed by atoms with Gasteiger partial charge in [0.1, 0.15) is 6.04 Å². The van der Waals surface area contributed by atoms with Gasteiger partial charge in [-0.15, -0.1) is 0 Å². The van der Waals surface area contributed by atoms with E-state index in [-0.39, 0.29) is 11.6 Å². The Morgan fingerprint density at radius 1 is 1.33 bits per heavy atom. The van der Waals surface area contributed by atoms with Gasteiger partial charge in [-0.1, -0.05) is 32.4 Å². The van der Waals surface area contributed by atoms with Crippen LogP contribution in [0.2, 0.25) is 0 Å². The Morgan fingerprint density at radius 2 is 2.04 bits per heavy atom. The zero-order valence-corrected chi connectivity index (χ0v) is 15.3. The summed E-state index contributed by atoms with van der Waals surface area (Å²) in [6.45, 7) is 3.09. The van der Waals surface area contributed by atoms with E-state index in [1.165, 1.54) is 31.4 Å². The van der Waals surface area contributed by atoms with Crippen molar-refractivity contribution in [3.05, 3.63) is 46.0 Å². The number of carbonyl (C=O) groups excluding carboxylic acids is 3. The van der Waals surface area contributed by atoms with Gasteiger partial charge < -0.3 is 14.8 Å². The summed E-state index contributed by atoms with van der Waals surface area (Å²) < 4.78 is 9.46. The molecule has 146 valence electrons. The van der Waals surface area contributed by atoms with Crippen molar-refractivity contribution >= 4 is 29.6 Å². The van der Waals surface area contributed by atoms with Crippen LogP contribution >= 0.6 is 0 Å². The summed E-state index contributed by atoms with van der Waals surface area (Å²) in [7, 11) is 1.22. The minimum atomic E-state index is -0.827. The minimum absolute atomic E-state index is 0.108. The topological polar surface area (TPSA) is 125 Å². The van der Waals surface area contributed by atoms with Crippen LogP contribution in [0.5, 0.6) is 0 Å². The molecule has 9 heteroatoms. The SMILES string of the molecule is CC[C@H](C)[C@@H](NC(=O)COC(=O)/C=C/c1cccc([N+](=O)[O-])c1)C(=O)OC. The Balaban J connectivity index is 2.58. The first kappa shape index (κ1) is 21.8. The van der Waals surface area contributed by atoms with Gasteiger partial charge >= 0.3 is 11.9 Å². The van der Waals surface area contributed by atoms with Crippen molar-refractivity contribution in [1.29, 1.82) is 0 Å². The molecule has 27 heavy (non-hydrogen) atoms. The summed E-state index contributed by atoms with van der Waals surface area (Å²) in [5.41, 5.74) is 0.330. The van der Waals surface area contributed by atoms with E-state index in [2.05, 4.69) is 10.1 Å². The van der Waals surface area contributed by atoms with Crippen LogP contribution in [-0.4, -0.2) is 42.5 Å². The average Bonchev–Trinajstić information content (AvgIpc) is 2.67. The summed E-state index contributed by atoms with van der Waals surface area (Å²) >= 11 is 0. The molecule has 0 fully saturated rings. The number of non-ortho nitro benzene ring substituents is 1. The monoisotopic (exact) mass is 378 g/mol. The van der Waals surface area contributed by atoms with E-state index >= 15 is 0 Å². The number of carbonyl (C=O) groups is 3. The summed E-state index contributed by atoms with van der Waals surface area (Å²) in [6, 6.07) is 4.86. The third-order valence-electron chi connectivity index (χ3n) is 3.82. The first-order valence-corrected chi connectivity index (χ1v) is 8.25. The number of rotatable bonds is 9. The van der Waals surface area contributed by atoms with E-state index in [1.807, 2.05) is 6.92 Å². The summed E-state index contributed by atoms with van der Waals surface area (Å²) in [5, 5.41) is 13.2. The predicted octanol–water partition coefficient (Wildman–Crippen LogP) is 1.86. The number of nitrogens with zero attached hydrogens (tertiary/aromatic N) is 1. The summed E-state index contributed by atoms with van der Waals surface area (Å²) in [4.78, 5) is 45.5. The van der Waals surface area contributed by atoms with Gasteiger partial charge in [-0.3, -0.25) is 14.9 Å². The highest BCUT2D eigenvalue weighted by Crippen LogP contribution is 2.14. The van der Waals surface area contributed by atoms with Crippen LogP contribution in [0.3, 0.4) is 0 Å². The number of esters is 2. The lowest BCUT2D eigenvalue weighted by Gasteiger charge is -2.21. The second-order valence-electron chi connectivity index (χ2n) is 5.75. The van der Waals surface area contributed by atoms with Crippen molar-refractivity contribution in [2.24, 2.45) is 5.92 Å². The lowest BCUT2D eigenvalue weighted by molar-refractivity contribution is -0.384. The Morgan fingerprint density at radius 3 is 2.63 bits per heavy atom. The molecular weight excluding hydrogens is 356 g/mol. The molecule has 0 bridgehead atoms. The molecule has 0 heterocycles. The van der Waals surface area contributed by atoms with Crippen LogP contribution in [0.15, 0.2) is 30.3 Å². The van der Waals surface area contributed by atoms with Crippen LogP contribution in [0.4, 0.5) is 5.69 Å². The maximum atomic E-state index is 11.9. The Hall–Kier alpha value is -3.23. The van der Waals surface area contributed by atoms with Crippen molar-refractivity contribution in [3.63, 3.8) is 0 Å². The largest absolute Gasteiger partial charge is 0.467 e. The van der Waals surface area contributed by atoms with E-state index in [4.69, 9.17) is 4.74 Å². The number of hydrogen-bond acceptors (Lipinski definition) is 7. The van der Waals surface area contributed by atoms with Crippen molar-refractivity contribution in [3.8, 4) is 0 Å². The lowest BCUT2D eigenvalue weighted by atomic mass is 9.99. The first-order valence-electron chi connectivity index (χ1n) is 8.25. The highest BCUT2D eigenvalue weighted by molar-refractivity contribution is 5.90. The fraction of sp³-hybridized carbons (Fsp3) is 0.389. The van der Waals surface area contributed by atoms with Crippen LogP contribution in [-0.2, 0) is 23.9 Å². The molecule has 0 saturated carbocycles. The molecule has 0 spiro atoms. The normalized spacial score (nSPS) is 12.9. The molecule has 1 amide bonds. The Labute approximate surface area is 156 Å². The maximum Gasteiger partial charge on any atom is 0.331 e. The molecule has 2 atom stereocenters. The third-order valence-corrected chi connectivity index (χ3v) is 3.82. The van der Waals surface area contributed by atoms with Gasteiger partial charge in [-0.2, -0.15) is 0 Å². The zero-order chi connectivity index (χ0) is 20.4. The van der Waals surface area contributed by atoms with E-state index in [1.54, 1.807) is 13.0 Å². The van der Waals surface area contributed by atoms with E-state index < -0.39 is 35.4 Å². The van der Waals surface area contributed by atoms with Gasteiger partial charge in [0.15, 0.2) is 6.61 Å². The molecule has 1 rings (SSSR count). The number of methoxy groups -OCH3 is 1. The van der Waals surface area contributed by atoms with Crippen LogP contribution in [0.1, 0.15) is 25.8 Å². The molecule has 0 radical (unpaired) electrons. The molecule has 9 nitrogen and oxygen atoms in total. The molecule has 0 aromatic heterocycles. The molecule has 0 saturated heterocycles. The molecule has 1 aromatic carbocycles. The number of nitro groups is 1. The molecular formula is C18H22N2O7. The Bertz CT molecular complexity index is 730. The molecule has 0 unspecified atom stereocenters. The van der Waals surface area contributed by atoms with Gasteiger partial charge in [-0.25, -0.2) is 9.59 Å². The van der Waals surface area contributed by atoms with Gasteiger partial charge in [0.05, 0.1) is 12.0 Å². The number of nitrogens with one attached hydrogen (secondary N) is 1. The Kier molecular flexibility index (Phi) is 8.64. The highest BCUT2D eigenvalue weighted by Gasteiger charge is 2.26. The summed E-state index contributed by atoms with van der Waals surface area (Å²) in [5.74, 6) is -2.15. The average molecular weight is 378 g/mol. The number of benzene rings is 1. The fourth-order valence-corrected chi connectivity index (χ4v) is 2.10. The molecule has 1 aromatic rings. The summed E-state index contributed by atoms with van der Waals surface area (Å²) in [6.07, 6.45) is 3.04. The molecule has 0 aliphatic rings. The molecule has 0 aliphatic carbocycles. The van der Waals surface area contributed by atoms with Crippen LogP contribution in [0, 0.1) is 16.0 Å². The highest BCUT2D eigenvalue weighted by atomic mass is 16.6. The van der Waals surface area contributed by atoms with Crippen molar-refractivity contribution in [2.45, 2.75) is 26.3 Å². The molecule has 1 N–H and O–H groups in total. The number of amides is 1. The number of hydrogen-bond donors (Lipinski definition) is 1. The van der Waals surface area contributed by atoms with E-state index in [0.717, 1.165) is 6.08 Å². The van der Waals surface area contributed by atoms with Gasteiger partial charge in [0.25, 0.3) is 11.6 Å². The fourth-order valence-electron chi connectivity index (χ4n) is 2.10. The molecule has 0 aliphatic heterocycles. The van der Waals surface area contributed by atoms with Crippen molar-refractivity contribution < 1.29 is 28.8 Å². The van der Waals surface area contributed by atoms with Gasteiger partial charge in [-0.05, 0) is 17.6 Å². The van der Waals surface area contributed by atoms with Gasteiger partial charge in [0, 0.05) is 18.2 Å². The second-order valence-corrected chi connectivity index (χ2v) is 5.75. The third kappa shape index (κ3) is 7.27. The van der Waals surface area contributed by atoms with E-state index in [9.17, 15) is 24.5 Å². The van der Waals surface area contributed by atoms with Crippen LogP contribution < -0.4 is 5.32 Å². The van der Waals surface area contributed by atoms with Crippen LogP contribution in [0.25, 0.3) is 6.08 Å². The lowest BCUT2D eigenvalue weighted by Crippen LogP contribution is -2.47. The van der Waals surface area contributed by atoms with Crippen molar-refractivity contribution in [1.82, 2.24) is 5.32 Å². The van der Waals surface area contributed by atoms with Gasteiger partial charge in [0.2, 0.25) is 0 Å². The van der Waals surface area contributed by atoms with E-state index in [0.29, 0.717) is 12.0 Å². The maximum absolute atomic E-state index is 11.9.